The van der Waals surface area contributed by atoms with Crippen LogP contribution in [0.5, 0.6) is 11.5 Å². The van der Waals surface area contributed by atoms with Gasteiger partial charge in [-0.05, 0) is 72.4 Å². The van der Waals surface area contributed by atoms with Crippen molar-refractivity contribution in [3.63, 3.8) is 0 Å². The van der Waals surface area contributed by atoms with Crippen molar-refractivity contribution < 1.29 is 23.5 Å². The maximum Gasteiger partial charge on any atom is 0.248 e. The number of hydrogen-bond donors (Lipinski definition) is 1. The zero-order valence-corrected chi connectivity index (χ0v) is 23.7. The Balaban J connectivity index is 1.45. The molecule has 1 unspecified atom stereocenters. The van der Waals surface area contributed by atoms with Crippen molar-refractivity contribution in [2.75, 3.05) is 20.3 Å². The standard InChI is InChI=1S/C33H35N3O5/c1-21-7-9-27(22(2)15-21)32-28-18-30(41-14-12-23-5-4-6-25(16-23)33(34)38)29(39-3)17-24(28)11-13-36(32)31(37)10-8-26-19-40-20-35-26/h4-7,9,15-20,32H,8,10-14H2,1-3H3,(H2,34,38). The van der Waals surface area contributed by atoms with Crippen LogP contribution in [0.15, 0.2) is 71.7 Å². The first-order valence-corrected chi connectivity index (χ1v) is 13.8. The number of rotatable bonds is 10. The highest BCUT2D eigenvalue weighted by molar-refractivity contribution is 5.92. The Morgan fingerprint density at radius 2 is 1.90 bits per heavy atom. The van der Waals surface area contributed by atoms with Crippen LogP contribution in [0.25, 0.3) is 0 Å². The summed E-state index contributed by atoms with van der Waals surface area (Å²) in [6, 6.07) is 17.4. The fraction of sp³-hybridized carbons (Fsp3) is 0.303. The van der Waals surface area contributed by atoms with Gasteiger partial charge in [0.05, 0.1) is 25.5 Å². The van der Waals surface area contributed by atoms with Gasteiger partial charge in [-0.2, -0.15) is 0 Å². The van der Waals surface area contributed by atoms with Gasteiger partial charge in [0.1, 0.15) is 6.26 Å². The zero-order valence-electron chi connectivity index (χ0n) is 23.7. The molecular formula is C33H35N3O5. The molecule has 4 aromatic rings. The number of aryl methyl sites for hydroxylation is 3. The molecule has 0 fully saturated rings. The summed E-state index contributed by atoms with van der Waals surface area (Å²) in [6.45, 7) is 5.15. The van der Waals surface area contributed by atoms with E-state index in [2.05, 4.69) is 37.0 Å². The van der Waals surface area contributed by atoms with Crippen LogP contribution in [-0.2, 0) is 24.1 Å². The predicted molar refractivity (Wildman–Crippen MR) is 155 cm³/mol. The number of benzene rings is 3. The third-order valence-electron chi connectivity index (χ3n) is 7.63. The summed E-state index contributed by atoms with van der Waals surface area (Å²) in [5.41, 5.74) is 13.2. The number of hydrogen-bond acceptors (Lipinski definition) is 6. The lowest BCUT2D eigenvalue weighted by Gasteiger charge is -2.39. The van der Waals surface area contributed by atoms with E-state index < -0.39 is 5.91 Å². The third kappa shape index (κ3) is 6.27. The molecular weight excluding hydrogens is 518 g/mol. The zero-order chi connectivity index (χ0) is 28.9. The predicted octanol–water partition coefficient (Wildman–Crippen LogP) is 5.13. The summed E-state index contributed by atoms with van der Waals surface area (Å²) in [5, 5.41) is 0. The first-order chi connectivity index (χ1) is 19.8. The number of carbonyl (C=O) groups is 2. The molecule has 3 aromatic carbocycles. The molecule has 1 atom stereocenters. The monoisotopic (exact) mass is 553 g/mol. The number of methoxy groups -OCH3 is 1. The van der Waals surface area contributed by atoms with Gasteiger partial charge in [-0.3, -0.25) is 9.59 Å². The smallest absolute Gasteiger partial charge is 0.248 e. The molecule has 8 nitrogen and oxygen atoms in total. The summed E-state index contributed by atoms with van der Waals surface area (Å²) >= 11 is 0. The molecule has 0 bridgehead atoms. The summed E-state index contributed by atoms with van der Waals surface area (Å²) in [7, 11) is 1.63. The first kappa shape index (κ1) is 28.0. The molecule has 0 saturated heterocycles. The highest BCUT2D eigenvalue weighted by atomic mass is 16.5. The van der Waals surface area contributed by atoms with Gasteiger partial charge in [0.15, 0.2) is 17.9 Å². The number of nitrogens with two attached hydrogens (primary N) is 1. The van der Waals surface area contributed by atoms with Crippen LogP contribution in [0.4, 0.5) is 0 Å². The molecule has 5 rings (SSSR count). The summed E-state index contributed by atoms with van der Waals surface area (Å²) in [4.78, 5) is 31.4. The molecule has 1 aromatic heterocycles. The van der Waals surface area contributed by atoms with Gasteiger partial charge in [0.2, 0.25) is 11.8 Å². The normalized spacial score (nSPS) is 14.4. The molecule has 0 spiro atoms. The Labute approximate surface area is 240 Å². The molecule has 212 valence electrons. The van der Waals surface area contributed by atoms with E-state index in [1.165, 1.54) is 12.0 Å². The number of aromatic nitrogens is 1. The highest BCUT2D eigenvalue weighted by Crippen LogP contribution is 2.42. The van der Waals surface area contributed by atoms with Gasteiger partial charge in [0.25, 0.3) is 0 Å². The Hall–Kier alpha value is -4.59. The molecule has 2 N–H and O–H groups in total. The van der Waals surface area contributed by atoms with Crippen molar-refractivity contribution in [3.8, 4) is 11.5 Å². The number of oxazole rings is 1. The third-order valence-corrected chi connectivity index (χ3v) is 7.63. The second-order valence-corrected chi connectivity index (χ2v) is 10.4. The minimum atomic E-state index is -0.457. The van der Waals surface area contributed by atoms with Crippen LogP contribution in [-0.4, -0.2) is 42.0 Å². The molecule has 2 amide bonds. The molecule has 0 aliphatic carbocycles. The summed E-state index contributed by atoms with van der Waals surface area (Å²) < 4.78 is 17.1. The van der Waals surface area contributed by atoms with E-state index >= 15 is 0 Å². The van der Waals surface area contributed by atoms with Gasteiger partial charge in [-0.15, -0.1) is 0 Å². The largest absolute Gasteiger partial charge is 0.493 e. The van der Waals surface area contributed by atoms with Crippen LogP contribution < -0.4 is 15.2 Å². The maximum atomic E-state index is 13.7. The Morgan fingerprint density at radius 3 is 2.63 bits per heavy atom. The van der Waals surface area contributed by atoms with Gasteiger partial charge >= 0.3 is 0 Å². The SMILES string of the molecule is COc1cc2c(cc1OCCc1cccc(C(N)=O)c1)C(c1ccc(C)cc1C)N(C(=O)CCc1cocn1)CC2. The van der Waals surface area contributed by atoms with Crippen molar-refractivity contribution in [1.29, 1.82) is 0 Å². The summed E-state index contributed by atoms with van der Waals surface area (Å²) in [6.07, 6.45) is 5.14. The number of fused-ring (bicyclic) bond motifs is 1. The van der Waals surface area contributed by atoms with Crippen LogP contribution in [0, 0.1) is 13.8 Å². The van der Waals surface area contributed by atoms with Crippen molar-refractivity contribution in [2.24, 2.45) is 5.73 Å². The molecule has 0 radical (unpaired) electrons. The Morgan fingerprint density at radius 1 is 1.05 bits per heavy atom. The van der Waals surface area contributed by atoms with E-state index in [1.807, 2.05) is 29.2 Å². The molecule has 8 heteroatoms. The average molecular weight is 554 g/mol. The Bertz CT molecular complexity index is 1550. The minimum Gasteiger partial charge on any atom is -0.493 e. The highest BCUT2D eigenvalue weighted by Gasteiger charge is 2.34. The van der Waals surface area contributed by atoms with Crippen molar-refractivity contribution in [3.05, 3.63) is 112 Å². The van der Waals surface area contributed by atoms with E-state index in [9.17, 15) is 9.59 Å². The maximum absolute atomic E-state index is 13.7. The number of carbonyl (C=O) groups excluding carboxylic acids is 2. The summed E-state index contributed by atoms with van der Waals surface area (Å²) in [5.74, 6) is 0.877. The van der Waals surface area contributed by atoms with E-state index in [0.29, 0.717) is 55.9 Å². The molecule has 1 aliphatic heterocycles. The van der Waals surface area contributed by atoms with Gasteiger partial charge in [-0.25, -0.2) is 4.98 Å². The number of nitrogens with zero attached hydrogens (tertiary/aromatic N) is 2. The minimum absolute atomic E-state index is 0.0660. The topological polar surface area (TPSA) is 108 Å². The Kier molecular flexibility index (Phi) is 8.38. The quantitative estimate of drug-likeness (QED) is 0.292. The average Bonchev–Trinajstić information content (AvgIpc) is 3.49. The second kappa shape index (κ2) is 12.3. The first-order valence-electron chi connectivity index (χ1n) is 13.8. The number of amides is 2. The second-order valence-electron chi connectivity index (χ2n) is 10.4. The number of primary amides is 1. The lowest BCUT2D eigenvalue weighted by atomic mass is 9.85. The van der Waals surface area contributed by atoms with Crippen molar-refractivity contribution in [1.82, 2.24) is 9.88 Å². The fourth-order valence-corrected chi connectivity index (χ4v) is 5.53. The van der Waals surface area contributed by atoms with Crippen LogP contribution in [0.1, 0.15) is 61.9 Å². The van der Waals surface area contributed by atoms with E-state index in [-0.39, 0.29) is 11.9 Å². The van der Waals surface area contributed by atoms with Crippen molar-refractivity contribution in [2.45, 2.75) is 45.6 Å². The molecule has 2 heterocycles. The molecule has 1 aliphatic rings. The van der Waals surface area contributed by atoms with Gasteiger partial charge < -0.3 is 24.5 Å². The van der Waals surface area contributed by atoms with E-state index in [0.717, 1.165) is 33.5 Å². The van der Waals surface area contributed by atoms with E-state index in [1.54, 1.807) is 25.5 Å². The van der Waals surface area contributed by atoms with Gasteiger partial charge in [-0.1, -0.05) is 35.9 Å². The molecule has 0 saturated carbocycles. The van der Waals surface area contributed by atoms with Crippen molar-refractivity contribution >= 4 is 11.8 Å². The van der Waals surface area contributed by atoms with Gasteiger partial charge in [0, 0.05) is 31.4 Å². The lowest BCUT2D eigenvalue weighted by molar-refractivity contribution is -0.133. The number of ether oxygens (including phenoxy) is 2. The van der Waals surface area contributed by atoms with Crippen LogP contribution in [0.3, 0.4) is 0 Å². The fourth-order valence-electron chi connectivity index (χ4n) is 5.53. The molecule has 41 heavy (non-hydrogen) atoms. The van der Waals surface area contributed by atoms with E-state index in [4.69, 9.17) is 19.6 Å². The van der Waals surface area contributed by atoms with Crippen LogP contribution >= 0.6 is 0 Å². The lowest BCUT2D eigenvalue weighted by Crippen LogP contribution is -2.41. The van der Waals surface area contributed by atoms with Crippen LogP contribution in [0.2, 0.25) is 0 Å².